The van der Waals surface area contributed by atoms with E-state index in [0.29, 0.717) is 41.4 Å². The van der Waals surface area contributed by atoms with Crippen LogP contribution >= 0.6 is 23.4 Å². The summed E-state index contributed by atoms with van der Waals surface area (Å²) in [5, 5.41) is 15.1. The molecule has 2 unspecified atom stereocenters. The van der Waals surface area contributed by atoms with E-state index in [1.165, 1.54) is 43.4 Å². The molecular weight excluding hydrogens is 520 g/mol. The van der Waals surface area contributed by atoms with Crippen molar-refractivity contribution in [3.05, 3.63) is 47.0 Å². The van der Waals surface area contributed by atoms with Crippen molar-refractivity contribution in [2.24, 2.45) is 4.99 Å². The normalized spacial score (nSPS) is 25.5. The summed E-state index contributed by atoms with van der Waals surface area (Å²) in [6.45, 7) is 5.11. The zero-order valence-electron chi connectivity index (χ0n) is 21.8. The molecule has 2 aromatic rings. The monoisotopic (exact) mass is 556 g/mol. The predicted molar refractivity (Wildman–Crippen MR) is 158 cm³/mol. The molecule has 3 aliphatic heterocycles. The molecule has 0 bridgehead atoms. The number of amidine groups is 1. The van der Waals surface area contributed by atoms with E-state index in [9.17, 15) is 0 Å². The predicted octanol–water partition coefficient (Wildman–Crippen LogP) is 5.38. The molecule has 0 amide bonds. The van der Waals surface area contributed by atoms with Crippen LogP contribution in [0.2, 0.25) is 5.02 Å². The van der Waals surface area contributed by atoms with Gasteiger partial charge in [0, 0.05) is 41.0 Å². The van der Waals surface area contributed by atoms with Crippen molar-refractivity contribution in [2.45, 2.75) is 62.7 Å². The Morgan fingerprint density at radius 1 is 1.13 bits per heavy atom. The molecule has 1 aliphatic carbocycles. The number of thioether (sulfide) groups is 1. The maximum Gasteiger partial charge on any atom is 0.289 e. The van der Waals surface area contributed by atoms with Crippen LogP contribution in [0.4, 0.5) is 17.1 Å². The molecule has 3 atom stereocenters. The van der Waals surface area contributed by atoms with E-state index in [4.69, 9.17) is 21.1 Å². The zero-order chi connectivity index (χ0) is 25.9. The third-order valence-corrected chi connectivity index (χ3v) is 9.05. The van der Waals surface area contributed by atoms with Gasteiger partial charge in [-0.1, -0.05) is 30.9 Å². The van der Waals surface area contributed by atoms with Gasteiger partial charge < -0.3 is 30.3 Å². The van der Waals surface area contributed by atoms with Gasteiger partial charge in [-0.15, -0.1) is 11.8 Å². The minimum atomic E-state index is -0.0705. The maximum absolute atomic E-state index is 6.63. The molecule has 4 aliphatic rings. The lowest BCUT2D eigenvalue weighted by molar-refractivity contribution is 0.307. The van der Waals surface area contributed by atoms with Crippen LogP contribution in [0.5, 0.6) is 5.75 Å². The summed E-state index contributed by atoms with van der Waals surface area (Å²) in [6, 6.07) is 13.8. The minimum absolute atomic E-state index is 0.0705. The summed E-state index contributed by atoms with van der Waals surface area (Å²) in [4.78, 5) is 7.08. The Morgan fingerprint density at radius 3 is 2.76 bits per heavy atom. The fourth-order valence-electron chi connectivity index (χ4n) is 5.65. The number of halogens is 1. The average molecular weight is 557 g/mol. The average Bonchev–Trinajstić information content (AvgIpc) is 3.60. The number of hydrogen-bond acceptors (Lipinski definition) is 9. The lowest BCUT2D eigenvalue weighted by Gasteiger charge is -2.43. The highest BCUT2D eigenvalue weighted by Crippen LogP contribution is 2.38. The lowest BCUT2D eigenvalue weighted by atomic mass is 9.92. The summed E-state index contributed by atoms with van der Waals surface area (Å²) in [5.74, 6) is 1.83. The number of nitrogens with one attached hydrogen (secondary N) is 4. The molecule has 38 heavy (non-hydrogen) atoms. The van der Waals surface area contributed by atoms with E-state index in [0.717, 1.165) is 30.3 Å². The third kappa shape index (κ3) is 5.96. The van der Waals surface area contributed by atoms with Gasteiger partial charge >= 0.3 is 0 Å². The highest BCUT2D eigenvalue weighted by molar-refractivity contribution is 8.00. The fourth-order valence-corrected chi connectivity index (χ4v) is 6.81. The van der Waals surface area contributed by atoms with Crippen molar-refractivity contribution in [2.75, 3.05) is 47.7 Å². The Kier molecular flexibility index (Phi) is 8.06. The molecule has 204 valence electrons. The summed E-state index contributed by atoms with van der Waals surface area (Å²) < 4.78 is 11.7. The van der Waals surface area contributed by atoms with Crippen molar-refractivity contribution in [1.82, 2.24) is 10.6 Å². The first-order chi connectivity index (χ1) is 18.6. The lowest BCUT2D eigenvalue weighted by Crippen LogP contribution is -2.49. The summed E-state index contributed by atoms with van der Waals surface area (Å²) in [6.07, 6.45) is 6.36. The van der Waals surface area contributed by atoms with Crippen molar-refractivity contribution >= 4 is 46.4 Å². The Labute approximate surface area is 234 Å². The molecule has 10 heteroatoms. The molecule has 1 saturated heterocycles. The molecule has 1 saturated carbocycles. The van der Waals surface area contributed by atoms with Crippen LogP contribution in [0.25, 0.3) is 0 Å². The quantitative estimate of drug-likeness (QED) is 0.362. The smallest absolute Gasteiger partial charge is 0.289 e. The van der Waals surface area contributed by atoms with E-state index in [2.05, 4.69) is 56.3 Å². The van der Waals surface area contributed by atoms with E-state index in [-0.39, 0.29) is 12.2 Å². The number of ether oxygens (including phenoxy) is 2. The van der Waals surface area contributed by atoms with Gasteiger partial charge in [0.05, 0.1) is 23.1 Å². The van der Waals surface area contributed by atoms with Crippen molar-refractivity contribution in [1.29, 1.82) is 0 Å². The van der Waals surface area contributed by atoms with Gasteiger partial charge in [0.2, 0.25) is 0 Å². The van der Waals surface area contributed by atoms with Gasteiger partial charge in [-0.25, -0.2) is 4.99 Å². The summed E-state index contributed by atoms with van der Waals surface area (Å²) >= 11 is 8.52. The molecule has 8 nitrogen and oxygen atoms in total. The molecule has 0 aromatic heterocycles. The molecule has 3 heterocycles. The standard InChI is InChI=1S/C28H37ClN6O2S/c1-18-15-37-28(32-18)34-19-7-9-24-22(13-19)27(31-17-35(24)21-5-3-2-4-6-21)33-20-8-10-25(23(29)14-20)36-16-26-30-11-12-38-26/h7-10,13-14,18,21,26-27,30-31,33H,2-6,11-12,15-17H2,1H3,(H,32,34)/t18-,26?,27?/m1/s1. The van der Waals surface area contributed by atoms with Crippen molar-refractivity contribution < 1.29 is 9.47 Å². The third-order valence-electron chi connectivity index (χ3n) is 7.61. The van der Waals surface area contributed by atoms with Gasteiger partial charge in [0.25, 0.3) is 6.02 Å². The van der Waals surface area contributed by atoms with Crippen LogP contribution in [-0.4, -0.2) is 55.7 Å². The van der Waals surface area contributed by atoms with Crippen LogP contribution in [-0.2, 0) is 4.74 Å². The number of benzene rings is 2. The number of aliphatic imine (C=N–C) groups is 1. The number of fused-ring (bicyclic) bond motifs is 1. The van der Waals surface area contributed by atoms with Gasteiger partial charge in [-0.3, -0.25) is 5.32 Å². The highest BCUT2D eigenvalue weighted by atomic mass is 35.5. The molecule has 6 rings (SSSR count). The van der Waals surface area contributed by atoms with E-state index >= 15 is 0 Å². The Morgan fingerprint density at radius 2 is 2.00 bits per heavy atom. The molecule has 0 radical (unpaired) electrons. The second-order valence-electron chi connectivity index (χ2n) is 10.5. The molecule has 4 N–H and O–H groups in total. The Hall–Kier alpha value is -2.33. The van der Waals surface area contributed by atoms with Gasteiger partial charge in [0.1, 0.15) is 25.1 Å². The summed E-state index contributed by atoms with van der Waals surface area (Å²) in [5.41, 5.74) is 4.38. The SMILES string of the molecule is C[C@@H]1COC(Nc2ccc3c(c2)C(Nc2ccc(OCC4NCCS4)c(Cl)c2)NCN3C2CCCCC2)=N1. The number of anilines is 3. The topological polar surface area (TPSA) is 82.2 Å². The van der Waals surface area contributed by atoms with Gasteiger partial charge in [-0.05, 0) is 56.2 Å². The second-order valence-corrected chi connectivity index (χ2v) is 12.2. The van der Waals surface area contributed by atoms with E-state index in [1.807, 2.05) is 30.0 Å². The van der Waals surface area contributed by atoms with Crippen LogP contribution in [0, 0.1) is 0 Å². The minimum Gasteiger partial charge on any atom is -0.490 e. The Bertz CT molecular complexity index is 1150. The first-order valence-corrected chi connectivity index (χ1v) is 15.2. The van der Waals surface area contributed by atoms with Crippen LogP contribution < -0.4 is 30.9 Å². The summed E-state index contributed by atoms with van der Waals surface area (Å²) in [7, 11) is 0. The second kappa shape index (κ2) is 11.8. The van der Waals surface area contributed by atoms with Crippen molar-refractivity contribution in [3.8, 4) is 5.75 Å². The molecular formula is C28H37ClN6O2S. The maximum atomic E-state index is 6.63. The largest absolute Gasteiger partial charge is 0.490 e. The molecule has 0 spiro atoms. The van der Waals surface area contributed by atoms with Crippen molar-refractivity contribution in [3.63, 3.8) is 0 Å². The molecule has 2 fully saturated rings. The van der Waals surface area contributed by atoms with Crippen LogP contribution in [0.1, 0.15) is 50.8 Å². The molecule has 2 aromatic carbocycles. The van der Waals surface area contributed by atoms with E-state index < -0.39 is 0 Å². The zero-order valence-corrected chi connectivity index (χ0v) is 23.4. The fraction of sp³-hybridized carbons (Fsp3) is 0.536. The first kappa shape index (κ1) is 25.9. The van der Waals surface area contributed by atoms with Crippen LogP contribution in [0.15, 0.2) is 41.4 Å². The van der Waals surface area contributed by atoms with Gasteiger partial charge in [-0.2, -0.15) is 0 Å². The number of rotatable bonds is 7. The highest BCUT2D eigenvalue weighted by Gasteiger charge is 2.30. The number of hydrogen-bond donors (Lipinski definition) is 4. The first-order valence-electron chi connectivity index (χ1n) is 13.8. The van der Waals surface area contributed by atoms with Crippen LogP contribution in [0.3, 0.4) is 0 Å². The number of nitrogens with zero attached hydrogens (tertiary/aromatic N) is 2. The Balaban J connectivity index is 1.21. The van der Waals surface area contributed by atoms with Gasteiger partial charge in [0.15, 0.2) is 0 Å². The van der Waals surface area contributed by atoms with E-state index in [1.54, 1.807) is 0 Å².